The van der Waals surface area contributed by atoms with Gasteiger partial charge in [0.15, 0.2) is 0 Å². The Bertz CT molecular complexity index is 687. The minimum Gasteiger partial charge on any atom is -0.495 e. The van der Waals surface area contributed by atoms with Crippen LogP contribution in [0.5, 0.6) is 11.5 Å². The van der Waals surface area contributed by atoms with Crippen molar-refractivity contribution in [3.05, 3.63) is 28.5 Å². The first kappa shape index (κ1) is 14.1. The number of nitrogens with zero attached hydrogens (tertiary/aromatic N) is 2. The maximum absolute atomic E-state index is 5.92. The molecule has 0 radical (unpaired) electrons. The first-order valence-corrected chi connectivity index (χ1v) is 7.48. The van der Waals surface area contributed by atoms with Gasteiger partial charge in [0.2, 0.25) is 0 Å². The second kappa shape index (κ2) is 5.52. The highest BCUT2D eigenvalue weighted by Gasteiger charge is 2.27. The van der Waals surface area contributed by atoms with Gasteiger partial charge < -0.3 is 15.2 Å². The standard InChI is InChI=1S/C15H16BrN3O2/c1-20-11-6-5-9(14(21-2)13(11)16)10-7-12(17)19-15(18-10)8-3-4-8/h5-8H,3-4H2,1-2H3,(H2,17,18,19). The van der Waals surface area contributed by atoms with Crippen LogP contribution in [0, 0.1) is 0 Å². The van der Waals surface area contributed by atoms with Crippen LogP contribution in [0.1, 0.15) is 24.6 Å². The largest absolute Gasteiger partial charge is 0.495 e. The molecule has 3 rings (SSSR count). The number of ether oxygens (including phenoxy) is 2. The molecule has 2 N–H and O–H groups in total. The van der Waals surface area contributed by atoms with E-state index in [4.69, 9.17) is 15.2 Å². The van der Waals surface area contributed by atoms with Crippen molar-refractivity contribution in [1.82, 2.24) is 9.97 Å². The number of hydrogen-bond acceptors (Lipinski definition) is 5. The third-order valence-electron chi connectivity index (χ3n) is 3.47. The molecule has 1 fully saturated rings. The maximum atomic E-state index is 5.92. The molecule has 5 nitrogen and oxygen atoms in total. The van der Waals surface area contributed by atoms with E-state index >= 15 is 0 Å². The average Bonchev–Trinajstić information content (AvgIpc) is 3.30. The van der Waals surface area contributed by atoms with Crippen molar-refractivity contribution < 1.29 is 9.47 Å². The molecule has 1 aliphatic carbocycles. The van der Waals surface area contributed by atoms with Crippen LogP contribution in [0.25, 0.3) is 11.3 Å². The fourth-order valence-corrected chi connectivity index (χ4v) is 2.91. The Hall–Kier alpha value is -1.82. The lowest BCUT2D eigenvalue weighted by molar-refractivity contribution is 0.390. The molecule has 0 amide bonds. The lowest BCUT2D eigenvalue weighted by Crippen LogP contribution is -2.01. The predicted molar refractivity (Wildman–Crippen MR) is 84.7 cm³/mol. The Balaban J connectivity index is 2.13. The number of hydrogen-bond donors (Lipinski definition) is 1. The average molecular weight is 350 g/mol. The molecule has 110 valence electrons. The van der Waals surface area contributed by atoms with Crippen LogP contribution in [0.15, 0.2) is 22.7 Å². The number of nitrogens with two attached hydrogens (primary N) is 1. The lowest BCUT2D eigenvalue weighted by atomic mass is 10.1. The Morgan fingerprint density at radius 1 is 1.19 bits per heavy atom. The van der Waals surface area contributed by atoms with E-state index in [1.54, 1.807) is 20.3 Å². The van der Waals surface area contributed by atoms with Crippen LogP contribution in [0.4, 0.5) is 5.82 Å². The van der Waals surface area contributed by atoms with Crippen molar-refractivity contribution >= 4 is 21.7 Å². The minimum atomic E-state index is 0.444. The first-order chi connectivity index (χ1) is 10.1. The molecule has 1 aliphatic rings. The molecule has 0 spiro atoms. The minimum absolute atomic E-state index is 0.444. The van der Waals surface area contributed by atoms with E-state index in [9.17, 15) is 0 Å². The van der Waals surface area contributed by atoms with Crippen molar-refractivity contribution in [3.63, 3.8) is 0 Å². The van der Waals surface area contributed by atoms with E-state index in [2.05, 4.69) is 25.9 Å². The van der Waals surface area contributed by atoms with E-state index in [0.717, 1.165) is 34.4 Å². The highest BCUT2D eigenvalue weighted by Crippen LogP contribution is 2.43. The smallest absolute Gasteiger partial charge is 0.146 e. The molecule has 0 saturated heterocycles. The molecule has 1 aromatic carbocycles. The van der Waals surface area contributed by atoms with Crippen LogP contribution in [-0.4, -0.2) is 24.2 Å². The molecule has 21 heavy (non-hydrogen) atoms. The molecule has 0 atom stereocenters. The van der Waals surface area contributed by atoms with Crippen LogP contribution in [0.3, 0.4) is 0 Å². The quantitative estimate of drug-likeness (QED) is 0.915. The van der Waals surface area contributed by atoms with Gasteiger partial charge in [0.25, 0.3) is 0 Å². The predicted octanol–water partition coefficient (Wildman–Crippen LogP) is 3.38. The van der Waals surface area contributed by atoms with Crippen LogP contribution >= 0.6 is 15.9 Å². The Kier molecular flexibility index (Phi) is 3.71. The van der Waals surface area contributed by atoms with Gasteiger partial charge in [0, 0.05) is 17.5 Å². The van der Waals surface area contributed by atoms with E-state index < -0.39 is 0 Å². The van der Waals surface area contributed by atoms with Gasteiger partial charge in [-0.2, -0.15) is 0 Å². The van der Waals surface area contributed by atoms with Gasteiger partial charge in [-0.3, -0.25) is 0 Å². The summed E-state index contributed by atoms with van der Waals surface area (Å²) in [5.74, 6) is 3.13. The van der Waals surface area contributed by atoms with Crippen molar-refractivity contribution in [2.75, 3.05) is 20.0 Å². The molecular formula is C15H16BrN3O2. The lowest BCUT2D eigenvalue weighted by Gasteiger charge is -2.14. The zero-order valence-corrected chi connectivity index (χ0v) is 13.5. The molecule has 1 aromatic heterocycles. The third-order valence-corrected chi connectivity index (χ3v) is 4.22. The number of anilines is 1. The SMILES string of the molecule is COc1ccc(-c2cc(N)nc(C3CC3)n2)c(OC)c1Br. The van der Waals surface area contributed by atoms with Gasteiger partial charge in [-0.25, -0.2) is 9.97 Å². The third kappa shape index (κ3) is 2.68. The Morgan fingerprint density at radius 2 is 1.95 bits per heavy atom. The van der Waals surface area contributed by atoms with Gasteiger partial charge in [0.05, 0.1) is 19.9 Å². The highest BCUT2D eigenvalue weighted by atomic mass is 79.9. The fourth-order valence-electron chi connectivity index (χ4n) is 2.24. The second-order valence-corrected chi connectivity index (χ2v) is 5.77. The van der Waals surface area contributed by atoms with Gasteiger partial charge in [-0.05, 0) is 40.9 Å². The molecule has 0 unspecified atom stereocenters. The summed E-state index contributed by atoms with van der Waals surface area (Å²) in [6, 6.07) is 5.56. The van der Waals surface area contributed by atoms with Crippen LogP contribution in [-0.2, 0) is 0 Å². The molecular weight excluding hydrogens is 334 g/mol. The van der Waals surface area contributed by atoms with Gasteiger partial charge >= 0.3 is 0 Å². The van der Waals surface area contributed by atoms with Crippen LogP contribution in [0.2, 0.25) is 0 Å². The number of rotatable bonds is 4. The van der Waals surface area contributed by atoms with Gasteiger partial charge in [-0.1, -0.05) is 0 Å². The summed E-state index contributed by atoms with van der Waals surface area (Å²) in [5.41, 5.74) is 7.55. The molecule has 0 aliphatic heterocycles. The monoisotopic (exact) mass is 349 g/mol. The zero-order chi connectivity index (χ0) is 15.0. The number of methoxy groups -OCH3 is 2. The summed E-state index contributed by atoms with van der Waals surface area (Å²) in [6.07, 6.45) is 2.26. The Labute approximate surface area is 131 Å². The van der Waals surface area contributed by atoms with Crippen molar-refractivity contribution in [1.29, 1.82) is 0 Å². The molecule has 6 heteroatoms. The van der Waals surface area contributed by atoms with E-state index in [1.165, 1.54) is 0 Å². The summed E-state index contributed by atoms with van der Waals surface area (Å²) in [4.78, 5) is 8.96. The molecule has 2 aromatic rings. The zero-order valence-electron chi connectivity index (χ0n) is 11.9. The Morgan fingerprint density at radius 3 is 2.57 bits per heavy atom. The van der Waals surface area contributed by atoms with Crippen molar-refractivity contribution in [3.8, 4) is 22.8 Å². The maximum Gasteiger partial charge on any atom is 0.146 e. The summed E-state index contributed by atoms with van der Waals surface area (Å²) in [6.45, 7) is 0. The van der Waals surface area contributed by atoms with Crippen LogP contribution < -0.4 is 15.2 Å². The van der Waals surface area contributed by atoms with Crippen molar-refractivity contribution in [2.45, 2.75) is 18.8 Å². The highest BCUT2D eigenvalue weighted by molar-refractivity contribution is 9.10. The molecule has 1 saturated carbocycles. The van der Waals surface area contributed by atoms with Gasteiger partial charge in [0.1, 0.15) is 27.6 Å². The van der Waals surface area contributed by atoms with E-state index in [-0.39, 0.29) is 0 Å². The second-order valence-electron chi connectivity index (χ2n) is 4.97. The number of nitrogen functional groups attached to an aromatic ring is 1. The van der Waals surface area contributed by atoms with Crippen molar-refractivity contribution in [2.24, 2.45) is 0 Å². The number of halogens is 1. The topological polar surface area (TPSA) is 70.3 Å². The normalized spacial score (nSPS) is 14.0. The fraction of sp³-hybridized carbons (Fsp3) is 0.333. The van der Waals surface area contributed by atoms with Gasteiger partial charge in [-0.15, -0.1) is 0 Å². The van der Waals surface area contributed by atoms with E-state index in [1.807, 2.05) is 12.1 Å². The summed E-state index contributed by atoms with van der Waals surface area (Å²) >= 11 is 3.50. The number of benzene rings is 1. The summed E-state index contributed by atoms with van der Waals surface area (Å²) in [7, 11) is 3.24. The first-order valence-electron chi connectivity index (χ1n) is 6.69. The summed E-state index contributed by atoms with van der Waals surface area (Å²) in [5, 5.41) is 0. The molecule has 0 bridgehead atoms. The van der Waals surface area contributed by atoms with E-state index in [0.29, 0.717) is 23.2 Å². The number of aromatic nitrogens is 2. The summed E-state index contributed by atoms with van der Waals surface area (Å²) < 4.78 is 11.5. The molecule has 1 heterocycles.